The average Bonchev–Trinajstić information content (AvgIpc) is 3.61. The van der Waals surface area contributed by atoms with Gasteiger partial charge >= 0.3 is 11.9 Å². The number of imidazole rings is 1. The fourth-order valence-electron chi connectivity index (χ4n) is 5.84. The second kappa shape index (κ2) is 13.2. The quantitative estimate of drug-likeness (QED) is 0.0638. The summed E-state index contributed by atoms with van der Waals surface area (Å²) in [6.45, 7) is 1.78. The molecule has 1 unspecified atom stereocenters. The van der Waals surface area contributed by atoms with E-state index in [-0.39, 0.29) is 0 Å². The van der Waals surface area contributed by atoms with Crippen molar-refractivity contribution < 1.29 is 14.0 Å². The van der Waals surface area contributed by atoms with Gasteiger partial charge in [-0.2, -0.15) is 9.48 Å². The number of nitrogen functional groups attached to an aromatic ring is 4. The summed E-state index contributed by atoms with van der Waals surface area (Å²) >= 11 is 0. The van der Waals surface area contributed by atoms with Gasteiger partial charge in [0.1, 0.15) is 28.9 Å². The fraction of sp³-hybridized carbons (Fsp3) is 0.235. The molecule has 0 radical (unpaired) electrons. The van der Waals surface area contributed by atoms with Crippen molar-refractivity contribution >= 4 is 67.6 Å². The Morgan fingerprint density at radius 2 is 1.26 bits per heavy atom. The van der Waals surface area contributed by atoms with Crippen LogP contribution < -0.4 is 32.4 Å². The molecule has 9 N–H and O–H groups in total. The highest BCUT2D eigenvalue weighted by Crippen LogP contribution is 2.36. The molecule has 4 aromatic carbocycles. The van der Waals surface area contributed by atoms with E-state index in [0.29, 0.717) is 34.1 Å². The highest BCUT2D eigenvalue weighted by Gasteiger charge is 2.30. The third-order valence-corrected chi connectivity index (χ3v) is 8.45. The first-order valence-corrected chi connectivity index (χ1v) is 15.5. The number of nitrogens with two attached hydrogens (primary N) is 4. The molecule has 6 rings (SSSR count). The second-order valence-corrected chi connectivity index (χ2v) is 11.6. The molecule has 1 atom stereocenters. The van der Waals surface area contributed by atoms with Gasteiger partial charge in [-0.3, -0.25) is 0 Å². The van der Waals surface area contributed by atoms with E-state index >= 15 is 0 Å². The predicted octanol–water partition coefficient (Wildman–Crippen LogP) is 5.08. The number of aryl methyl sites for hydroxylation is 2. The van der Waals surface area contributed by atoms with Crippen LogP contribution in [0.2, 0.25) is 0 Å². The maximum atomic E-state index is 6.20. The molecule has 1 aliphatic heterocycles. The molecular weight excluding hydrogens is 576 g/mol. The number of benzene rings is 4. The van der Waals surface area contributed by atoms with Crippen LogP contribution in [0.5, 0.6) is 0 Å². The Kier molecular flexibility index (Phi) is 8.70. The summed E-state index contributed by atoms with van der Waals surface area (Å²) in [5, 5.41) is 22.0. The smallest absolute Gasteiger partial charge is 0.397 e. The zero-order valence-electron chi connectivity index (χ0n) is 26.3. The molecule has 0 bridgehead atoms. The second-order valence-electron chi connectivity index (χ2n) is 11.6. The van der Waals surface area contributed by atoms with E-state index < -0.39 is 0 Å². The van der Waals surface area contributed by atoms with Crippen molar-refractivity contribution in [2.75, 3.05) is 36.5 Å². The van der Waals surface area contributed by atoms with E-state index in [1.807, 2.05) is 90.4 Å². The lowest BCUT2D eigenvalue weighted by molar-refractivity contribution is -0.760. The number of hydrogen-bond donors (Lipinski definition) is 5. The normalized spacial score (nSPS) is 15.0. The van der Waals surface area contributed by atoms with Crippen molar-refractivity contribution in [2.24, 2.45) is 27.5 Å². The van der Waals surface area contributed by atoms with Gasteiger partial charge in [0.15, 0.2) is 0 Å². The maximum Gasteiger partial charge on any atom is 0.524 e. The highest BCUT2D eigenvalue weighted by atomic mass is 15.4. The summed E-state index contributed by atoms with van der Waals surface area (Å²) in [6, 6.07) is 19.3. The number of nitrogens with zero attached hydrogens (tertiary/aromatic N) is 7. The number of anilines is 4. The molecule has 234 valence electrons. The summed E-state index contributed by atoms with van der Waals surface area (Å²) in [5.41, 5.74) is 28.2. The van der Waals surface area contributed by atoms with E-state index in [4.69, 9.17) is 22.9 Å². The van der Waals surface area contributed by atoms with Gasteiger partial charge in [-0.25, -0.2) is 9.13 Å². The number of unbranched alkanes of at least 4 members (excludes halogenated alkanes) is 3. The summed E-state index contributed by atoms with van der Waals surface area (Å²) in [6.07, 6.45) is 12.5. The van der Waals surface area contributed by atoms with Crippen molar-refractivity contribution in [3.05, 3.63) is 85.5 Å². The zero-order valence-corrected chi connectivity index (χ0v) is 26.3. The van der Waals surface area contributed by atoms with Crippen molar-refractivity contribution in [3.63, 3.8) is 0 Å². The van der Waals surface area contributed by atoms with Gasteiger partial charge in [0, 0.05) is 26.7 Å². The van der Waals surface area contributed by atoms with Crippen LogP contribution in [0, 0.1) is 0 Å². The van der Waals surface area contributed by atoms with E-state index in [9.17, 15) is 0 Å². The Bertz CT molecular complexity index is 2040. The Hall–Kier alpha value is -5.62. The molecule has 1 aliphatic rings. The van der Waals surface area contributed by atoms with E-state index in [0.717, 1.165) is 72.2 Å². The summed E-state index contributed by atoms with van der Waals surface area (Å²) in [5.74, 6) is 1.62. The van der Waals surface area contributed by atoms with Crippen LogP contribution in [0.3, 0.4) is 0 Å². The van der Waals surface area contributed by atoms with Crippen LogP contribution in [0.25, 0.3) is 21.5 Å². The van der Waals surface area contributed by atoms with E-state index in [1.165, 1.54) is 4.90 Å². The Morgan fingerprint density at radius 1 is 0.696 bits per heavy atom. The molecule has 46 heavy (non-hydrogen) atoms. The average molecular weight is 618 g/mol. The molecule has 12 nitrogen and oxygen atoms in total. The maximum absolute atomic E-state index is 6.20. The number of hydrogen-bond acceptors (Lipinski definition) is 8. The van der Waals surface area contributed by atoms with Crippen LogP contribution in [-0.4, -0.2) is 28.7 Å². The van der Waals surface area contributed by atoms with E-state index in [2.05, 4.69) is 31.2 Å². The molecule has 0 fully saturated rings. The van der Waals surface area contributed by atoms with Crippen LogP contribution >= 0.6 is 0 Å². The largest absolute Gasteiger partial charge is 0.524 e. The number of azo groups is 2. The Balaban J connectivity index is 1.03. The molecule has 0 saturated heterocycles. The molecule has 0 aliphatic carbocycles. The number of rotatable bonds is 10. The van der Waals surface area contributed by atoms with Crippen LogP contribution in [0.15, 0.2) is 106 Å². The van der Waals surface area contributed by atoms with Gasteiger partial charge in [0.2, 0.25) is 0 Å². The van der Waals surface area contributed by atoms with Gasteiger partial charge in [0.05, 0.1) is 62.3 Å². The first-order chi connectivity index (χ1) is 22.3. The van der Waals surface area contributed by atoms with Crippen LogP contribution in [0.1, 0.15) is 25.7 Å². The first kappa shape index (κ1) is 30.4. The Labute approximate surface area is 267 Å². The molecular formula is C34H41N12+3. The van der Waals surface area contributed by atoms with Gasteiger partial charge in [-0.1, -0.05) is 60.1 Å². The van der Waals surface area contributed by atoms with Crippen molar-refractivity contribution in [1.29, 1.82) is 0 Å². The van der Waals surface area contributed by atoms with Gasteiger partial charge in [-0.05, 0) is 36.5 Å². The summed E-state index contributed by atoms with van der Waals surface area (Å²) < 4.78 is 6.11. The van der Waals surface area contributed by atoms with Crippen molar-refractivity contribution in [2.45, 2.75) is 32.2 Å². The Morgan fingerprint density at radius 3 is 1.89 bits per heavy atom. The molecule has 5 aromatic rings. The lowest BCUT2D eigenvalue weighted by Crippen LogP contribution is -3.09. The van der Waals surface area contributed by atoms with Crippen molar-refractivity contribution in [1.82, 2.24) is 4.57 Å². The van der Waals surface area contributed by atoms with E-state index in [1.54, 1.807) is 12.1 Å². The molecule has 0 amide bonds. The number of fused-ring (bicyclic) bond motifs is 2. The van der Waals surface area contributed by atoms with Crippen LogP contribution in [0.4, 0.5) is 40.1 Å². The minimum absolute atomic E-state index is 0.499. The SMILES string of the molecule is C[N+]1=C(N=Nc2cc(N)c(N)c3ccccc23)[NH+](CCCCCCn2cc[n+](C)c2N=Nc2cc(N)c(N)c3ccccc23)C=C1. The van der Waals surface area contributed by atoms with Crippen LogP contribution in [-0.2, 0) is 13.6 Å². The first-order valence-electron chi connectivity index (χ1n) is 15.5. The van der Waals surface area contributed by atoms with Gasteiger partial charge < -0.3 is 22.9 Å². The zero-order chi connectivity index (χ0) is 32.2. The lowest BCUT2D eigenvalue weighted by Gasteiger charge is -2.07. The lowest BCUT2D eigenvalue weighted by atomic mass is 10.1. The fourth-order valence-corrected chi connectivity index (χ4v) is 5.84. The third-order valence-electron chi connectivity index (χ3n) is 8.45. The topological polar surface area (TPSA) is 170 Å². The standard InChI is InChI=1S/C34H38N12/c1-43-17-19-45(33(43)41-39-29-21-27(35)31(37)25-13-7-5-11-23(25)29)15-9-3-4-10-16-46-20-18-44(2)34(46)42-40-30-22-28(36)32(38)26-14-8-6-12-24(26)30/h5-8,11-14,17-22,37-38H,3-4,9-10,15-16H2,1-2H3,(H4,35,36,39,40)/p+3. The number of quaternary nitrogens is 1. The monoisotopic (exact) mass is 617 g/mol. The molecule has 12 heteroatoms. The summed E-state index contributed by atoms with van der Waals surface area (Å²) in [4.78, 5) is 1.18. The molecule has 0 spiro atoms. The highest BCUT2D eigenvalue weighted by molar-refractivity contribution is 6.05. The van der Waals surface area contributed by atoms with Crippen molar-refractivity contribution in [3.8, 4) is 0 Å². The summed E-state index contributed by atoms with van der Waals surface area (Å²) in [7, 11) is 3.96. The minimum Gasteiger partial charge on any atom is -0.397 e. The third kappa shape index (κ3) is 6.15. The minimum atomic E-state index is 0.499. The number of aromatic nitrogens is 2. The molecule has 2 heterocycles. The number of nitrogens with one attached hydrogen (secondary N) is 1. The van der Waals surface area contributed by atoms with Gasteiger partial charge in [-0.15, -0.1) is 0 Å². The predicted molar refractivity (Wildman–Crippen MR) is 184 cm³/mol. The molecule has 0 saturated carbocycles. The molecule has 1 aromatic heterocycles. The van der Waals surface area contributed by atoms with Gasteiger partial charge in [0.25, 0.3) is 0 Å². The number of guanidine groups is 1.